The Labute approximate surface area is 206 Å². The molecule has 0 atom stereocenters. The van der Waals surface area contributed by atoms with Gasteiger partial charge in [-0.3, -0.25) is 9.36 Å². The van der Waals surface area contributed by atoms with Crippen molar-refractivity contribution < 1.29 is 31.4 Å². The number of benzene rings is 1. The molecule has 0 radical (unpaired) electrons. The average Bonchev–Trinajstić information content (AvgIpc) is 2.84. The number of ether oxygens (including phenoxy) is 2. The SMILES string of the molecule is CN/C=C1/C=C(n2cc3ccc(OCC(F)(F)F)nc3c(-c3ccc(OC(F)F)cc3)c2=O)C=CC1=N. The van der Waals surface area contributed by atoms with E-state index in [2.05, 4.69) is 15.0 Å². The summed E-state index contributed by atoms with van der Waals surface area (Å²) in [5.41, 5.74) is 0.899. The van der Waals surface area contributed by atoms with E-state index in [1.807, 2.05) is 0 Å². The Kier molecular flexibility index (Phi) is 7.09. The highest BCUT2D eigenvalue weighted by Gasteiger charge is 2.29. The fourth-order valence-corrected chi connectivity index (χ4v) is 3.64. The molecular formula is C25H19F5N4O3. The summed E-state index contributed by atoms with van der Waals surface area (Å²) in [6.07, 6.45) is 3.17. The maximum atomic E-state index is 13.7. The van der Waals surface area contributed by atoms with Gasteiger partial charge in [-0.25, -0.2) is 4.98 Å². The van der Waals surface area contributed by atoms with Crippen LogP contribution in [0.3, 0.4) is 0 Å². The summed E-state index contributed by atoms with van der Waals surface area (Å²) >= 11 is 0. The molecule has 192 valence electrons. The van der Waals surface area contributed by atoms with Crippen molar-refractivity contribution in [1.29, 1.82) is 5.41 Å². The summed E-state index contributed by atoms with van der Waals surface area (Å²) < 4.78 is 73.6. The van der Waals surface area contributed by atoms with E-state index in [1.165, 1.54) is 53.2 Å². The number of nitrogens with one attached hydrogen (secondary N) is 2. The number of pyridine rings is 2. The van der Waals surface area contributed by atoms with Gasteiger partial charge in [-0.1, -0.05) is 12.1 Å². The third kappa shape index (κ3) is 5.85. The maximum Gasteiger partial charge on any atom is 0.422 e. The Morgan fingerprint density at radius 2 is 1.86 bits per heavy atom. The monoisotopic (exact) mass is 518 g/mol. The molecule has 7 nitrogen and oxygen atoms in total. The molecule has 3 aromatic rings. The van der Waals surface area contributed by atoms with Crippen LogP contribution in [0.15, 0.2) is 77.4 Å². The lowest BCUT2D eigenvalue weighted by atomic mass is 10.0. The summed E-state index contributed by atoms with van der Waals surface area (Å²) in [6.45, 7) is -4.61. The van der Waals surface area contributed by atoms with E-state index in [0.29, 0.717) is 16.7 Å². The number of hydrogen-bond donors (Lipinski definition) is 2. The zero-order valence-electron chi connectivity index (χ0n) is 19.1. The van der Waals surface area contributed by atoms with Crippen molar-refractivity contribution >= 4 is 22.3 Å². The number of halogens is 5. The van der Waals surface area contributed by atoms with Crippen molar-refractivity contribution in [1.82, 2.24) is 14.9 Å². The minimum Gasteiger partial charge on any atom is -0.468 e. The molecule has 1 aliphatic rings. The highest BCUT2D eigenvalue weighted by Crippen LogP contribution is 2.30. The van der Waals surface area contributed by atoms with Gasteiger partial charge in [0.2, 0.25) is 5.88 Å². The molecule has 0 saturated carbocycles. The van der Waals surface area contributed by atoms with Gasteiger partial charge < -0.3 is 20.2 Å². The number of fused-ring (bicyclic) bond motifs is 1. The molecule has 0 amide bonds. The third-order valence-electron chi connectivity index (χ3n) is 5.20. The van der Waals surface area contributed by atoms with Crippen LogP contribution in [0.2, 0.25) is 0 Å². The molecule has 0 spiro atoms. The van der Waals surface area contributed by atoms with E-state index in [9.17, 15) is 26.7 Å². The second kappa shape index (κ2) is 10.2. The second-order valence-corrected chi connectivity index (χ2v) is 7.78. The molecule has 0 unspecified atom stereocenters. The van der Waals surface area contributed by atoms with Gasteiger partial charge >= 0.3 is 12.8 Å². The van der Waals surface area contributed by atoms with Crippen LogP contribution in [0.1, 0.15) is 0 Å². The zero-order chi connectivity index (χ0) is 26.7. The van der Waals surface area contributed by atoms with Crippen molar-refractivity contribution in [2.45, 2.75) is 12.8 Å². The van der Waals surface area contributed by atoms with Crippen LogP contribution >= 0.6 is 0 Å². The molecule has 2 N–H and O–H groups in total. The number of aromatic nitrogens is 2. The predicted octanol–water partition coefficient (Wildman–Crippen LogP) is 5.14. The molecule has 4 rings (SSSR count). The van der Waals surface area contributed by atoms with Gasteiger partial charge in [0.05, 0.1) is 16.8 Å². The Morgan fingerprint density at radius 1 is 1.14 bits per heavy atom. The van der Waals surface area contributed by atoms with E-state index in [1.54, 1.807) is 25.4 Å². The first kappa shape index (κ1) is 25.6. The normalized spacial score (nSPS) is 14.8. The van der Waals surface area contributed by atoms with Gasteiger partial charge in [0.25, 0.3) is 5.56 Å². The largest absolute Gasteiger partial charge is 0.468 e. The molecule has 0 fully saturated rings. The Balaban J connectivity index is 1.91. The molecule has 0 saturated heterocycles. The van der Waals surface area contributed by atoms with Gasteiger partial charge in [0.15, 0.2) is 6.61 Å². The fraction of sp³-hybridized carbons (Fsp3) is 0.160. The van der Waals surface area contributed by atoms with E-state index < -0.39 is 25.0 Å². The van der Waals surface area contributed by atoms with E-state index in [-0.39, 0.29) is 34.0 Å². The van der Waals surface area contributed by atoms with Gasteiger partial charge in [0.1, 0.15) is 5.75 Å². The van der Waals surface area contributed by atoms with Crippen LogP contribution in [-0.4, -0.2) is 41.7 Å². The molecular weight excluding hydrogens is 499 g/mol. The summed E-state index contributed by atoms with van der Waals surface area (Å²) in [6, 6.07) is 7.93. The van der Waals surface area contributed by atoms with Gasteiger partial charge in [-0.05, 0) is 42.0 Å². The highest BCUT2D eigenvalue weighted by molar-refractivity contribution is 6.12. The Bertz CT molecular complexity index is 1490. The summed E-state index contributed by atoms with van der Waals surface area (Å²) in [4.78, 5) is 17.9. The van der Waals surface area contributed by atoms with Crippen LogP contribution in [-0.2, 0) is 0 Å². The summed E-state index contributed by atoms with van der Waals surface area (Å²) in [5, 5.41) is 11.3. The first-order valence-electron chi connectivity index (χ1n) is 10.7. The van der Waals surface area contributed by atoms with Crippen LogP contribution in [0, 0.1) is 5.41 Å². The minimum absolute atomic E-state index is 0.00708. The smallest absolute Gasteiger partial charge is 0.422 e. The molecule has 0 aliphatic heterocycles. The van der Waals surface area contributed by atoms with Gasteiger partial charge in [0, 0.05) is 42.2 Å². The molecule has 1 aliphatic carbocycles. The lowest BCUT2D eigenvalue weighted by molar-refractivity contribution is -0.154. The molecule has 1 aromatic carbocycles. The predicted molar refractivity (Wildman–Crippen MR) is 128 cm³/mol. The van der Waals surface area contributed by atoms with Crippen LogP contribution in [0.4, 0.5) is 22.0 Å². The van der Waals surface area contributed by atoms with Gasteiger partial charge in [-0.15, -0.1) is 0 Å². The number of allylic oxidation sites excluding steroid dienone is 5. The molecule has 2 heterocycles. The molecule has 2 aromatic heterocycles. The molecule has 37 heavy (non-hydrogen) atoms. The van der Waals surface area contributed by atoms with Crippen LogP contribution in [0.25, 0.3) is 27.7 Å². The summed E-state index contributed by atoms with van der Waals surface area (Å²) in [7, 11) is 1.66. The van der Waals surface area contributed by atoms with Crippen molar-refractivity contribution in [2.75, 3.05) is 13.7 Å². The van der Waals surface area contributed by atoms with Crippen molar-refractivity contribution in [3.05, 3.63) is 82.9 Å². The molecule has 12 heteroatoms. The standard InChI is InChI=1S/C25H19F5N4O3/c1-32-11-16-10-17(5-8-19(16)31)34-12-15-4-9-20(36-13-25(28,29)30)33-22(15)21(23(34)35)14-2-6-18(7-3-14)37-24(26)27/h2-12,24,31-32H,13H2,1H3/b16-11-,31-19?. The van der Waals surface area contributed by atoms with Crippen molar-refractivity contribution in [3.8, 4) is 22.8 Å². The first-order chi connectivity index (χ1) is 17.6. The first-order valence-corrected chi connectivity index (χ1v) is 10.7. The lowest BCUT2D eigenvalue weighted by Crippen LogP contribution is -2.23. The highest BCUT2D eigenvalue weighted by atomic mass is 19.4. The number of rotatable bonds is 7. The fourth-order valence-electron chi connectivity index (χ4n) is 3.64. The summed E-state index contributed by atoms with van der Waals surface area (Å²) in [5.74, 6) is -0.481. The Morgan fingerprint density at radius 3 is 2.51 bits per heavy atom. The molecule has 0 bridgehead atoms. The van der Waals surface area contributed by atoms with Crippen molar-refractivity contribution in [2.24, 2.45) is 0 Å². The number of nitrogens with zero attached hydrogens (tertiary/aromatic N) is 2. The van der Waals surface area contributed by atoms with Crippen LogP contribution < -0.4 is 20.3 Å². The van der Waals surface area contributed by atoms with Crippen LogP contribution in [0.5, 0.6) is 11.6 Å². The third-order valence-corrected chi connectivity index (χ3v) is 5.20. The quantitative estimate of drug-likeness (QED) is 0.423. The Hall–Kier alpha value is -4.48. The average molecular weight is 518 g/mol. The second-order valence-electron chi connectivity index (χ2n) is 7.78. The van der Waals surface area contributed by atoms with Crippen molar-refractivity contribution in [3.63, 3.8) is 0 Å². The van der Waals surface area contributed by atoms with E-state index in [4.69, 9.17) is 10.1 Å². The minimum atomic E-state index is -4.59. The maximum absolute atomic E-state index is 13.7. The van der Waals surface area contributed by atoms with E-state index >= 15 is 0 Å². The lowest BCUT2D eigenvalue weighted by Gasteiger charge is -2.17. The topological polar surface area (TPSA) is 89.2 Å². The number of hydrogen-bond acceptors (Lipinski definition) is 6. The van der Waals surface area contributed by atoms with E-state index in [0.717, 1.165) is 0 Å². The zero-order valence-corrected chi connectivity index (χ0v) is 19.1. The number of alkyl halides is 5. The van der Waals surface area contributed by atoms with Gasteiger partial charge in [-0.2, -0.15) is 22.0 Å².